The Bertz CT molecular complexity index is 255. The van der Waals surface area contributed by atoms with Gasteiger partial charge in [-0.15, -0.1) is 0 Å². The Morgan fingerprint density at radius 2 is 2.21 bits per heavy atom. The molecule has 1 heterocycles. The van der Waals surface area contributed by atoms with Gasteiger partial charge in [-0.1, -0.05) is 5.16 Å². The molecule has 0 aromatic heterocycles. The topological polar surface area (TPSA) is 62.1 Å². The van der Waals surface area contributed by atoms with Crippen molar-refractivity contribution in [3.8, 4) is 0 Å². The Kier molecular flexibility index (Phi) is 2.98. The summed E-state index contributed by atoms with van der Waals surface area (Å²) >= 11 is 0. The van der Waals surface area contributed by atoms with Crippen LogP contribution in [0.2, 0.25) is 0 Å². The Balaban J connectivity index is 2.48. The van der Waals surface area contributed by atoms with E-state index in [2.05, 4.69) is 5.16 Å². The number of rotatable bonds is 0. The van der Waals surface area contributed by atoms with Crippen LogP contribution in [0.3, 0.4) is 0 Å². The molecule has 0 unspecified atom stereocenters. The zero-order chi connectivity index (χ0) is 10.8. The average Bonchev–Trinajstić information content (AvgIpc) is 2.48. The molecule has 1 fully saturated rings. The van der Waals surface area contributed by atoms with Crippen LogP contribution in [-0.2, 0) is 4.74 Å². The van der Waals surface area contributed by atoms with Gasteiger partial charge in [-0.05, 0) is 20.8 Å². The van der Waals surface area contributed by atoms with E-state index in [1.54, 1.807) is 0 Å². The Hall–Kier alpha value is -1.26. The number of ether oxygens (including phenoxy) is 1. The summed E-state index contributed by atoms with van der Waals surface area (Å²) in [4.78, 5) is 13.0. The molecule has 0 spiro atoms. The molecule has 1 N–H and O–H groups in total. The van der Waals surface area contributed by atoms with Gasteiger partial charge >= 0.3 is 6.09 Å². The highest BCUT2D eigenvalue weighted by atomic mass is 16.6. The van der Waals surface area contributed by atoms with Crippen LogP contribution in [-0.4, -0.2) is 40.6 Å². The standard InChI is InChI=1S/C9H16N2O3/c1-9(2,3)14-8(12)11-5-4-7(6-11)10-13/h13H,4-6H2,1-3H3/b10-7-. The second-order valence-corrected chi connectivity index (χ2v) is 4.32. The SMILES string of the molecule is CC(C)(C)OC(=O)N1CC/C(=N/O)C1. The van der Waals surface area contributed by atoms with Crippen molar-refractivity contribution in [2.75, 3.05) is 13.1 Å². The second kappa shape index (κ2) is 3.86. The summed E-state index contributed by atoms with van der Waals surface area (Å²) in [6.45, 7) is 6.39. The molecule has 1 amide bonds. The fourth-order valence-electron chi connectivity index (χ4n) is 1.21. The van der Waals surface area contributed by atoms with Gasteiger partial charge in [0.1, 0.15) is 5.60 Å². The normalized spacial score (nSPS) is 20.2. The number of carbonyl (C=O) groups excluding carboxylic acids is 1. The summed E-state index contributed by atoms with van der Waals surface area (Å²) in [5.74, 6) is 0. The number of nitrogens with zero attached hydrogens (tertiary/aromatic N) is 2. The van der Waals surface area contributed by atoms with Crippen LogP contribution in [0, 0.1) is 0 Å². The van der Waals surface area contributed by atoms with Gasteiger partial charge in [0.25, 0.3) is 0 Å². The number of oxime groups is 1. The van der Waals surface area contributed by atoms with E-state index in [1.807, 2.05) is 20.8 Å². The molecule has 14 heavy (non-hydrogen) atoms. The first-order valence-corrected chi connectivity index (χ1v) is 4.60. The fraction of sp³-hybridized carbons (Fsp3) is 0.778. The largest absolute Gasteiger partial charge is 0.444 e. The summed E-state index contributed by atoms with van der Waals surface area (Å²) in [5, 5.41) is 11.6. The quantitative estimate of drug-likeness (QED) is 0.475. The Morgan fingerprint density at radius 3 is 2.64 bits per heavy atom. The fourth-order valence-corrected chi connectivity index (χ4v) is 1.21. The van der Waals surface area contributed by atoms with Crippen LogP contribution in [0.1, 0.15) is 27.2 Å². The number of amides is 1. The predicted molar refractivity (Wildman–Crippen MR) is 51.6 cm³/mol. The third-order valence-corrected chi connectivity index (χ3v) is 1.84. The van der Waals surface area contributed by atoms with Crippen molar-refractivity contribution in [2.45, 2.75) is 32.8 Å². The summed E-state index contributed by atoms with van der Waals surface area (Å²) in [6.07, 6.45) is 0.270. The number of hydrogen-bond acceptors (Lipinski definition) is 4. The molecule has 1 aliphatic rings. The summed E-state index contributed by atoms with van der Waals surface area (Å²) in [6, 6.07) is 0. The molecule has 1 rings (SSSR count). The Labute approximate surface area is 83.3 Å². The number of carbonyl (C=O) groups is 1. The van der Waals surface area contributed by atoms with Gasteiger partial charge in [0.2, 0.25) is 0 Å². The van der Waals surface area contributed by atoms with Gasteiger partial charge in [0.05, 0.1) is 12.3 Å². The van der Waals surface area contributed by atoms with Gasteiger partial charge in [-0.3, -0.25) is 0 Å². The molecule has 0 bridgehead atoms. The van der Waals surface area contributed by atoms with Crippen LogP contribution in [0.5, 0.6) is 0 Å². The van der Waals surface area contributed by atoms with Crippen molar-refractivity contribution >= 4 is 11.8 Å². The lowest BCUT2D eigenvalue weighted by atomic mass is 10.2. The van der Waals surface area contributed by atoms with Gasteiger partial charge < -0.3 is 14.8 Å². The molecule has 0 atom stereocenters. The van der Waals surface area contributed by atoms with Crippen LogP contribution in [0.25, 0.3) is 0 Å². The first-order valence-electron chi connectivity index (χ1n) is 4.60. The lowest BCUT2D eigenvalue weighted by Crippen LogP contribution is -2.35. The summed E-state index contributed by atoms with van der Waals surface area (Å²) in [7, 11) is 0. The molecule has 0 aliphatic carbocycles. The van der Waals surface area contributed by atoms with Crippen molar-refractivity contribution in [3.63, 3.8) is 0 Å². The average molecular weight is 200 g/mol. The zero-order valence-electron chi connectivity index (χ0n) is 8.78. The molecule has 1 aliphatic heterocycles. The van der Waals surface area contributed by atoms with Crippen molar-refractivity contribution < 1.29 is 14.7 Å². The molecule has 80 valence electrons. The monoisotopic (exact) mass is 200 g/mol. The van der Waals surface area contributed by atoms with E-state index < -0.39 is 5.60 Å². The highest BCUT2D eigenvalue weighted by molar-refractivity contribution is 5.91. The van der Waals surface area contributed by atoms with Gasteiger partial charge in [-0.25, -0.2) is 4.79 Å². The van der Waals surface area contributed by atoms with Crippen LogP contribution in [0.15, 0.2) is 5.16 Å². The first-order chi connectivity index (χ1) is 6.42. The molecule has 5 nitrogen and oxygen atoms in total. The third kappa shape index (κ3) is 2.90. The van der Waals surface area contributed by atoms with E-state index >= 15 is 0 Å². The van der Waals surface area contributed by atoms with Crippen molar-refractivity contribution in [3.05, 3.63) is 0 Å². The van der Waals surface area contributed by atoms with E-state index in [0.717, 1.165) is 0 Å². The highest BCUT2D eigenvalue weighted by Gasteiger charge is 2.27. The Morgan fingerprint density at radius 1 is 1.57 bits per heavy atom. The van der Waals surface area contributed by atoms with E-state index in [4.69, 9.17) is 9.94 Å². The molecule has 1 saturated heterocycles. The lowest BCUT2D eigenvalue weighted by Gasteiger charge is -2.23. The maximum Gasteiger partial charge on any atom is 0.410 e. The van der Waals surface area contributed by atoms with E-state index in [0.29, 0.717) is 25.2 Å². The summed E-state index contributed by atoms with van der Waals surface area (Å²) < 4.78 is 5.16. The molecule has 0 aromatic rings. The maximum absolute atomic E-state index is 11.5. The van der Waals surface area contributed by atoms with Crippen LogP contribution in [0.4, 0.5) is 4.79 Å². The molecule has 5 heteroatoms. The van der Waals surface area contributed by atoms with Gasteiger partial charge in [-0.2, -0.15) is 0 Å². The van der Waals surface area contributed by atoms with Crippen LogP contribution >= 0.6 is 0 Å². The lowest BCUT2D eigenvalue weighted by molar-refractivity contribution is 0.0302. The minimum absolute atomic E-state index is 0.351. The minimum Gasteiger partial charge on any atom is -0.444 e. The molecule has 0 saturated carbocycles. The third-order valence-electron chi connectivity index (χ3n) is 1.84. The summed E-state index contributed by atoms with van der Waals surface area (Å²) in [5.41, 5.74) is 0.145. The number of hydrogen-bond donors (Lipinski definition) is 1. The second-order valence-electron chi connectivity index (χ2n) is 4.32. The van der Waals surface area contributed by atoms with Crippen molar-refractivity contribution in [1.29, 1.82) is 0 Å². The molecular weight excluding hydrogens is 184 g/mol. The molecule has 0 aromatic carbocycles. The molecular formula is C9H16N2O3. The van der Waals surface area contributed by atoms with Crippen LogP contribution < -0.4 is 0 Å². The zero-order valence-corrected chi connectivity index (χ0v) is 8.78. The van der Waals surface area contributed by atoms with Crippen molar-refractivity contribution in [1.82, 2.24) is 4.90 Å². The van der Waals surface area contributed by atoms with E-state index in [-0.39, 0.29) is 6.09 Å². The maximum atomic E-state index is 11.5. The smallest absolute Gasteiger partial charge is 0.410 e. The van der Waals surface area contributed by atoms with Gasteiger partial charge in [0.15, 0.2) is 0 Å². The number of likely N-dealkylation sites (tertiary alicyclic amines) is 1. The highest BCUT2D eigenvalue weighted by Crippen LogP contribution is 2.13. The van der Waals surface area contributed by atoms with E-state index in [1.165, 1.54) is 4.90 Å². The van der Waals surface area contributed by atoms with Gasteiger partial charge in [0, 0.05) is 13.0 Å². The first kappa shape index (κ1) is 10.8. The van der Waals surface area contributed by atoms with Crippen molar-refractivity contribution in [2.24, 2.45) is 5.16 Å². The molecule has 0 radical (unpaired) electrons. The van der Waals surface area contributed by atoms with E-state index in [9.17, 15) is 4.79 Å². The minimum atomic E-state index is -0.476. The predicted octanol–water partition coefficient (Wildman–Crippen LogP) is 1.46.